The summed E-state index contributed by atoms with van der Waals surface area (Å²) in [7, 11) is 0. The zero-order valence-electron chi connectivity index (χ0n) is 9.39. The van der Waals surface area contributed by atoms with Gasteiger partial charge in [-0.1, -0.05) is 25.7 Å². The van der Waals surface area contributed by atoms with Crippen LogP contribution in [0.2, 0.25) is 0 Å². The van der Waals surface area contributed by atoms with E-state index >= 15 is 0 Å². The van der Waals surface area contributed by atoms with Crippen LogP contribution in [0.3, 0.4) is 0 Å². The van der Waals surface area contributed by atoms with Gasteiger partial charge in [0.2, 0.25) is 0 Å². The third-order valence-corrected chi connectivity index (χ3v) is 2.78. The molecule has 0 aliphatic carbocycles. The van der Waals surface area contributed by atoms with E-state index in [1.54, 1.807) is 0 Å². The molecule has 0 aromatic carbocycles. The first-order valence-corrected chi connectivity index (χ1v) is 6.03. The minimum absolute atomic E-state index is 0.0410. The van der Waals surface area contributed by atoms with E-state index in [-0.39, 0.29) is 18.0 Å². The monoisotopic (exact) mass is 211 g/mol. The molecule has 1 saturated heterocycles. The average molecular weight is 211 g/mol. The summed E-state index contributed by atoms with van der Waals surface area (Å²) in [5.74, 6) is 0.153. The summed E-state index contributed by atoms with van der Waals surface area (Å²) in [5, 5.41) is 3.09. The van der Waals surface area contributed by atoms with E-state index in [4.69, 9.17) is 0 Å². The summed E-state index contributed by atoms with van der Waals surface area (Å²) in [6, 6.07) is 0. The summed E-state index contributed by atoms with van der Waals surface area (Å²) in [5.41, 5.74) is 0. The van der Waals surface area contributed by atoms with Gasteiger partial charge in [-0.15, -0.1) is 0 Å². The Bertz CT molecular complexity index is 192. The molecular formula is C12H21NO2. The second-order valence-electron chi connectivity index (χ2n) is 4.30. The summed E-state index contributed by atoms with van der Waals surface area (Å²) < 4.78 is 0. The molecule has 0 aromatic rings. The molecule has 0 aromatic heterocycles. The van der Waals surface area contributed by atoms with E-state index in [9.17, 15) is 9.59 Å². The Balaban J connectivity index is 2.29. The number of rotatable bonds is 0. The van der Waals surface area contributed by atoms with Crippen LogP contribution in [-0.4, -0.2) is 24.7 Å². The van der Waals surface area contributed by atoms with Crippen molar-refractivity contribution in [1.29, 1.82) is 0 Å². The molecule has 0 spiro atoms. The number of nitrogens with one attached hydrogen (secondary N) is 1. The second kappa shape index (κ2) is 7.57. The Hall–Kier alpha value is -0.700. The van der Waals surface area contributed by atoms with E-state index in [2.05, 4.69) is 5.32 Å². The van der Waals surface area contributed by atoms with Gasteiger partial charge in [-0.05, 0) is 19.4 Å². The molecule has 1 aliphatic heterocycles. The van der Waals surface area contributed by atoms with Crippen LogP contribution in [0.4, 0.5) is 0 Å². The highest BCUT2D eigenvalue weighted by Gasteiger charge is 2.09. The number of hydrogen-bond acceptors (Lipinski definition) is 3. The van der Waals surface area contributed by atoms with Crippen LogP contribution >= 0.6 is 0 Å². The fourth-order valence-corrected chi connectivity index (χ4v) is 1.88. The summed E-state index contributed by atoms with van der Waals surface area (Å²) in [4.78, 5) is 22.7. The van der Waals surface area contributed by atoms with E-state index < -0.39 is 0 Å². The molecule has 1 fully saturated rings. The van der Waals surface area contributed by atoms with Crippen LogP contribution in [0.25, 0.3) is 0 Å². The van der Waals surface area contributed by atoms with Crippen molar-refractivity contribution in [2.45, 2.75) is 51.4 Å². The Morgan fingerprint density at radius 1 is 0.800 bits per heavy atom. The van der Waals surface area contributed by atoms with Crippen molar-refractivity contribution in [1.82, 2.24) is 5.32 Å². The van der Waals surface area contributed by atoms with Gasteiger partial charge in [-0.3, -0.25) is 9.59 Å². The molecule has 1 aliphatic rings. The molecule has 3 nitrogen and oxygen atoms in total. The Kier molecular flexibility index (Phi) is 6.25. The Morgan fingerprint density at radius 3 is 2.27 bits per heavy atom. The van der Waals surface area contributed by atoms with E-state index in [1.807, 2.05) is 0 Å². The normalized spacial score (nSPS) is 22.7. The van der Waals surface area contributed by atoms with Crippen LogP contribution in [0.1, 0.15) is 51.4 Å². The average Bonchev–Trinajstić information content (AvgIpc) is 2.21. The smallest absolute Gasteiger partial charge is 0.153 e. The lowest BCUT2D eigenvalue weighted by atomic mass is 10.1. The van der Waals surface area contributed by atoms with Crippen molar-refractivity contribution in [2.24, 2.45) is 0 Å². The molecule has 1 heterocycles. The molecule has 0 amide bonds. The highest BCUT2D eigenvalue weighted by molar-refractivity contribution is 5.99. The lowest BCUT2D eigenvalue weighted by Gasteiger charge is -2.02. The number of ketones is 2. The van der Waals surface area contributed by atoms with Crippen molar-refractivity contribution in [3.63, 3.8) is 0 Å². The van der Waals surface area contributed by atoms with Gasteiger partial charge in [0, 0.05) is 6.42 Å². The first-order valence-electron chi connectivity index (χ1n) is 6.03. The number of hydrogen-bond donors (Lipinski definition) is 1. The first kappa shape index (κ1) is 12.4. The minimum Gasteiger partial charge on any atom is -0.310 e. The maximum atomic E-state index is 11.3. The van der Waals surface area contributed by atoms with Crippen LogP contribution in [0.5, 0.6) is 0 Å². The standard InChI is InChI=1S/C12H21NO2/c14-11-7-5-3-1-2-4-6-8-13-10-12(15)9-11/h13H,1-10H2. The largest absolute Gasteiger partial charge is 0.310 e. The van der Waals surface area contributed by atoms with Gasteiger partial charge in [-0.25, -0.2) is 0 Å². The molecule has 0 unspecified atom stereocenters. The molecule has 0 atom stereocenters. The highest BCUT2D eigenvalue weighted by Crippen LogP contribution is 2.08. The first-order chi connectivity index (χ1) is 7.29. The van der Waals surface area contributed by atoms with Crippen molar-refractivity contribution in [2.75, 3.05) is 13.1 Å². The number of carbonyl (C=O) groups excluding carboxylic acids is 2. The maximum absolute atomic E-state index is 11.3. The Morgan fingerprint density at radius 2 is 1.47 bits per heavy atom. The van der Waals surface area contributed by atoms with Crippen molar-refractivity contribution in [3.8, 4) is 0 Å². The maximum Gasteiger partial charge on any atom is 0.153 e. The molecule has 0 radical (unpaired) electrons. The quantitative estimate of drug-likeness (QED) is 0.622. The lowest BCUT2D eigenvalue weighted by Crippen LogP contribution is -2.25. The van der Waals surface area contributed by atoms with Gasteiger partial charge in [0.1, 0.15) is 5.78 Å². The van der Waals surface area contributed by atoms with Gasteiger partial charge < -0.3 is 5.32 Å². The lowest BCUT2D eigenvalue weighted by molar-refractivity contribution is -0.126. The highest BCUT2D eigenvalue weighted by atomic mass is 16.1. The third kappa shape index (κ3) is 6.39. The number of carbonyl (C=O) groups is 2. The predicted molar refractivity (Wildman–Crippen MR) is 59.8 cm³/mol. The van der Waals surface area contributed by atoms with E-state index in [0.717, 1.165) is 25.8 Å². The molecule has 0 saturated carbocycles. The molecule has 1 N–H and O–H groups in total. The molecule has 15 heavy (non-hydrogen) atoms. The second-order valence-corrected chi connectivity index (χ2v) is 4.30. The van der Waals surface area contributed by atoms with Crippen LogP contribution < -0.4 is 5.32 Å². The van der Waals surface area contributed by atoms with Gasteiger partial charge in [-0.2, -0.15) is 0 Å². The fourth-order valence-electron chi connectivity index (χ4n) is 1.88. The van der Waals surface area contributed by atoms with E-state index in [0.29, 0.717) is 13.0 Å². The Labute approximate surface area is 91.6 Å². The molecule has 3 heteroatoms. The minimum atomic E-state index is 0.0410. The predicted octanol–water partition coefficient (Wildman–Crippen LogP) is 1.85. The summed E-state index contributed by atoms with van der Waals surface area (Å²) in [6.45, 7) is 1.27. The molecule has 1 rings (SSSR count). The van der Waals surface area contributed by atoms with Gasteiger partial charge in [0.05, 0.1) is 13.0 Å². The van der Waals surface area contributed by atoms with Crippen LogP contribution in [0.15, 0.2) is 0 Å². The molecule has 0 bridgehead atoms. The van der Waals surface area contributed by atoms with Crippen LogP contribution in [-0.2, 0) is 9.59 Å². The SMILES string of the molecule is O=C1CCCCCCCCNCC(=O)C1. The summed E-state index contributed by atoms with van der Waals surface area (Å²) >= 11 is 0. The zero-order chi connectivity index (χ0) is 10.9. The fraction of sp³-hybridized carbons (Fsp3) is 0.833. The molecular weight excluding hydrogens is 190 g/mol. The number of Topliss-reactive ketones (excluding diaryl/α,β-unsaturated/α-hetero) is 2. The molecule has 86 valence electrons. The topological polar surface area (TPSA) is 46.2 Å². The summed E-state index contributed by atoms with van der Waals surface area (Å²) in [6.07, 6.45) is 7.66. The third-order valence-electron chi connectivity index (χ3n) is 2.78. The zero-order valence-corrected chi connectivity index (χ0v) is 9.39. The van der Waals surface area contributed by atoms with Crippen molar-refractivity contribution >= 4 is 11.6 Å². The van der Waals surface area contributed by atoms with Gasteiger partial charge >= 0.3 is 0 Å². The van der Waals surface area contributed by atoms with Crippen molar-refractivity contribution in [3.05, 3.63) is 0 Å². The van der Waals surface area contributed by atoms with Crippen molar-refractivity contribution < 1.29 is 9.59 Å². The van der Waals surface area contributed by atoms with Crippen LogP contribution in [0, 0.1) is 0 Å². The van der Waals surface area contributed by atoms with Gasteiger partial charge in [0.15, 0.2) is 5.78 Å². The van der Waals surface area contributed by atoms with Gasteiger partial charge in [0.25, 0.3) is 0 Å². The van der Waals surface area contributed by atoms with E-state index in [1.165, 1.54) is 19.3 Å².